The van der Waals surface area contributed by atoms with E-state index < -0.39 is 0 Å². The molecule has 0 aromatic carbocycles. The Morgan fingerprint density at radius 3 is 2.39 bits per heavy atom. The molecule has 0 bridgehead atoms. The molecule has 1 heteroatoms. The topological polar surface area (TPSA) is 12.5 Å². The van der Waals surface area contributed by atoms with E-state index in [4.69, 9.17) is 4.74 Å². The maximum absolute atomic E-state index is 5.85. The zero-order chi connectivity index (χ0) is 15.8. The summed E-state index contributed by atoms with van der Waals surface area (Å²) in [5.74, 6) is 7.18. The van der Waals surface area contributed by atoms with Crippen LogP contribution in [0, 0.1) is 46.8 Å². The van der Waals surface area contributed by atoms with Crippen molar-refractivity contribution in [2.75, 3.05) is 6.61 Å². The van der Waals surface area contributed by atoms with Gasteiger partial charge in [0.05, 0.1) is 12.2 Å². The van der Waals surface area contributed by atoms with E-state index in [0.717, 1.165) is 48.0 Å². The van der Waals surface area contributed by atoms with Crippen LogP contribution in [0.1, 0.15) is 78.6 Å². The largest absolute Gasteiger partial charge is 0.370 e. The monoisotopic (exact) mass is 316 g/mol. The van der Waals surface area contributed by atoms with E-state index in [1.165, 1.54) is 38.5 Å². The lowest BCUT2D eigenvalue weighted by Gasteiger charge is -2.56. The van der Waals surface area contributed by atoms with Crippen LogP contribution in [0.25, 0.3) is 0 Å². The Hall–Kier alpha value is -0.0400. The van der Waals surface area contributed by atoms with Crippen LogP contribution < -0.4 is 0 Å². The van der Waals surface area contributed by atoms with Gasteiger partial charge in [0.15, 0.2) is 0 Å². The van der Waals surface area contributed by atoms with E-state index in [9.17, 15) is 0 Å². The first kappa shape index (κ1) is 15.2. The fraction of sp³-hybridized carbons (Fsp3) is 1.00. The van der Waals surface area contributed by atoms with E-state index in [1.54, 1.807) is 19.3 Å². The molecule has 1 nitrogen and oxygen atoms in total. The Bertz CT molecular complexity index is 478. The second kappa shape index (κ2) is 4.99. The second-order valence-corrected chi connectivity index (χ2v) is 10.6. The van der Waals surface area contributed by atoms with Crippen LogP contribution in [0.5, 0.6) is 0 Å². The predicted octanol–water partition coefficient (Wildman–Crippen LogP) is 5.68. The molecule has 1 spiro atoms. The highest BCUT2D eigenvalue weighted by atomic mass is 16.6. The van der Waals surface area contributed by atoms with Crippen LogP contribution in [0.2, 0.25) is 0 Å². The molecule has 1 saturated heterocycles. The van der Waals surface area contributed by atoms with Crippen LogP contribution in [0.4, 0.5) is 0 Å². The summed E-state index contributed by atoms with van der Waals surface area (Å²) < 4.78 is 5.85. The molecule has 5 rings (SSSR count). The van der Waals surface area contributed by atoms with Crippen LogP contribution in [-0.2, 0) is 4.74 Å². The minimum atomic E-state index is 0.382. The van der Waals surface area contributed by atoms with Gasteiger partial charge in [0.25, 0.3) is 0 Å². The lowest BCUT2D eigenvalue weighted by molar-refractivity contribution is -0.0750. The number of ether oxygens (including phenoxy) is 1. The third-order valence-electron chi connectivity index (χ3n) is 9.52. The zero-order valence-corrected chi connectivity index (χ0v) is 15.5. The quantitative estimate of drug-likeness (QED) is 0.567. The third-order valence-corrected chi connectivity index (χ3v) is 9.52. The summed E-state index contributed by atoms with van der Waals surface area (Å²) in [5.41, 5.74) is 1.06. The fourth-order valence-electron chi connectivity index (χ4n) is 8.45. The number of hydrogen-bond acceptors (Lipinski definition) is 1. The average Bonchev–Trinajstić information content (AvgIpc) is 3.16. The highest BCUT2D eigenvalue weighted by molar-refractivity contribution is 5.09. The molecule has 4 saturated carbocycles. The van der Waals surface area contributed by atoms with Gasteiger partial charge in [-0.2, -0.15) is 0 Å². The molecule has 0 aromatic rings. The lowest BCUT2D eigenvalue weighted by Crippen LogP contribution is -2.49. The van der Waals surface area contributed by atoms with Crippen LogP contribution in [-0.4, -0.2) is 12.2 Å². The highest BCUT2D eigenvalue weighted by Gasteiger charge is 2.59. The lowest BCUT2D eigenvalue weighted by atomic mass is 9.49. The van der Waals surface area contributed by atoms with Crippen molar-refractivity contribution in [2.45, 2.75) is 84.2 Å². The van der Waals surface area contributed by atoms with Gasteiger partial charge in [-0.25, -0.2) is 0 Å². The first-order valence-electron chi connectivity index (χ1n) is 10.7. The highest BCUT2D eigenvalue weighted by Crippen LogP contribution is 2.66. The van der Waals surface area contributed by atoms with Crippen molar-refractivity contribution in [1.29, 1.82) is 0 Å². The van der Waals surface area contributed by atoms with Gasteiger partial charge in [-0.1, -0.05) is 20.8 Å². The zero-order valence-electron chi connectivity index (χ0n) is 15.5. The molecule has 0 N–H and O–H groups in total. The standard InChI is InChI=1S/C22H36O/c1-14(2)19-6-7-20-18-5-4-15-12-22(13-23-22)11-9-16(15)17(18)8-10-21(19,20)3/h14-20H,4-13H2,1-3H3/t15-,16-,17?,18+,19+,20-,21+,22?/m0/s1. The molecule has 1 heterocycles. The van der Waals surface area contributed by atoms with Gasteiger partial charge in [0, 0.05) is 0 Å². The summed E-state index contributed by atoms with van der Waals surface area (Å²) in [6.45, 7) is 8.74. The smallest absolute Gasteiger partial charge is 0.0919 e. The minimum absolute atomic E-state index is 0.382. The maximum Gasteiger partial charge on any atom is 0.0919 e. The van der Waals surface area contributed by atoms with Gasteiger partial charge in [-0.3, -0.25) is 0 Å². The maximum atomic E-state index is 5.85. The summed E-state index contributed by atoms with van der Waals surface area (Å²) >= 11 is 0. The Kier molecular flexibility index (Phi) is 3.31. The molecular formula is C22H36O. The Morgan fingerprint density at radius 2 is 1.65 bits per heavy atom. The summed E-state index contributed by atoms with van der Waals surface area (Å²) in [6.07, 6.45) is 13.5. The van der Waals surface area contributed by atoms with Gasteiger partial charge in [0.2, 0.25) is 0 Å². The van der Waals surface area contributed by atoms with Crippen molar-refractivity contribution < 1.29 is 4.74 Å². The van der Waals surface area contributed by atoms with Gasteiger partial charge in [0.1, 0.15) is 0 Å². The third kappa shape index (κ3) is 2.14. The van der Waals surface area contributed by atoms with Gasteiger partial charge in [-0.15, -0.1) is 0 Å². The van der Waals surface area contributed by atoms with E-state index in [1.807, 2.05) is 0 Å². The number of hydrogen-bond donors (Lipinski definition) is 0. The summed E-state index contributed by atoms with van der Waals surface area (Å²) in [6, 6.07) is 0. The summed E-state index contributed by atoms with van der Waals surface area (Å²) in [4.78, 5) is 0. The molecule has 5 aliphatic rings. The molecular weight excluding hydrogens is 280 g/mol. The van der Waals surface area contributed by atoms with Crippen LogP contribution in [0.15, 0.2) is 0 Å². The number of rotatable bonds is 1. The van der Waals surface area contributed by atoms with Gasteiger partial charge >= 0.3 is 0 Å². The average molecular weight is 317 g/mol. The van der Waals surface area contributed by atoms with E-state index in [2.05, 4.69) is 20.8 Å². The first-order valence-corrected chi connectivity index (χ1v) is 10.7. The van der Waals surface area contributed by atoms with Crippen LogP contribution in [0.3, 0.4) is 0 Å². The van der Waals surface area contributed by atoms with Crippen LogP contribution >= 0.6 is 0 Å². The van der Waals surface area contributed by atoms with Crippen molar-refractivity contribution in [1.82, 2.24) is 0 Å². The fourth-order valence-corrected chi connectivity index (χ4v) is 8.45. The van der Waals surface area contributed by atoms with Crippen molar-refractivity contribution in [3.63, 3.8) is 0 Å². The van der Waals surface area contributed by atoms with Gasteiger partial charge < -0.3 is 4.74 Å². The Labute approximate surface area is 142 Å². The molecule has 4 aliphatic carbocycles. The molecule has 0 aromatic heterocycles. The van der Waals surface area contributed by atoms with Gasteiger partial charge in [-0.05, 0) is 105 Å². The second-order valence-electron chi connectivity index (χ2n) is 10.6. The van der Waals surface area contributed by atoms with Crippen molar-refractivity contribution in [2.24, 2.45) is 46.8 Å². The molecule has 130 valence electrons. The predicted molar refractivity (Wildman–Crippen MR) is 94.1 cm³/mol. The van der Waals surface area contributed by atoms with Crippen molar-refractivity contribution in [3.8, 4) is 0 Å². The van der Waals surface area contributed by atoms with Crippen molar-refractivity contribution >= 4 is 0 Å². The molecule has 1 aliphatic heterocycles. The first-order chi connectivity index (χ1) is 11.0. The Balaban J connectivity index is 1.37. The van der Waals surface area contributed by atoms with E-state index in [-0.39, 0.29) is 0 Å². The van der Waals surface area contributed by atoms with E-state index >= 15 is 0 Å². The molecule has 8 atom stereocenters. The number of fused-ring (bicyclic) bond motifs is 5. The summed E-state index contributed by atoms with van der Waals surface area (Å²) in [5, 5.41) is 0. The molecule has 23 heavy (non-hydrogen) atoms. The molecule has 5 fully saturated rings. The summed E-state index contributed by atoms with van der Waals surface area (Å²) in [7, 11) is 0. The number of epoxide rings is 1. The van der Waals surface area contributed by atoms with E-state index in [0.29, 0.717) is 11.0 Å². The van der Waals surface area contributed by atoms with Crippen molar-refractivity contribution in [3.05, 3.63) is 0 Å². The molecule has 0 radical (unpaired) electrons. The molecule has 2 unspecified atom stereocenters. The molecule has 0 amide bonds. The Morgan fingerprint density at radius 1 is 0.870 bits per heavy atom. The normalized spacial score (nSPS) is 57.9. The SMILES string of the molecule is CC(C)[C@H]1CC[C@H]2[C@@H]3CC[C@H]4CC5(CC[C@@H]4C3CC[C@]12C)CO5. The minimum Gasteiger partial charge on any atom is -0.370 e.